The van der Waals surface area contributed by atoms with Crippen LogP contribution in [0.3, 0.4) is 0 Å². The van der Waals surface area contributed by atoms with Crippen molar-refractivity contribution >= 4 is 22.6 Å². The Morgan fingerprint density at radius 3 is 2.69 bits per heavy atom. The van der Waals surface area contributed by atoms with E-state index in [2.05, 4.69) is 16.8 Å². The Kier molecular flexibility index (Phi) is 6.39. The van der Waals surface area contributed by atoms with Gasteiger partial charge in [0.05, 0.1) is 12.1 Å². The maximum absolute atomic E-state index is 12.5. The monoisotopic (exact) mass is 356 g/mol. The first-order valence-corrected chi connectivity index (χ1v) is 9.50. The van der Waals surface area contributed by atoms with Crippen molar-refractivity contribution in [2.45, 2.75) is 32.6 Å². The van der Waals surface area contributed by atoms with E-state index in [1.54, 1.807) is 7.11 Å². The van der Waals surface area contributed by atoms with Crippen LogP contribution in [0.2, 0.25) is 0 Å². The summed E-state index contributed by atoms with van der Waals surface area (Å²) in [6.45, 7) is 5.79. The van der Waals surface area contributed by atoms with Crippen LogP contribution in [0.4, 0.5) is 5.82 Å². The van der Waals surface area contributed by atoms with Crippen molar-refractivity contribution in [3.63, 3.8) is 0 Å². The van der Waals surface area contributed by atoms with E-state index in [1.165, 1.54) is 0 Å². The number of fused-ring (bicyclic) bond motifs is 1. The van der Waals surface area contributed by atoms with Gasteiger partial charge in [-0.25, -0.2) is 9.97 Å². The Balaban J connectivity index is 1.84. The number of aryl methyl sites for hydroxylation is 1. The summed E-state index contributed by atoms with van der Waals surface area (Å²) in [5.74, 6) is 1.96. The maximum Gasteiger partial charge on any atom is 0.224 e. The van der Waals surface area contributed by atoms with E-state index in [-0.39, 0.29) is 5.91 Å². The van der Waals surface area contributed by atoms with E-state index in [9.17, 15) is 4.79 Å². The van der Waals surface area contributed by atoms with Crippen molar-refractivity contribution in [1.82, 2.24) is 14.9 Å². The summed E-state index contributed by atoms with van der Waals surface area (Å²) < 4.78 is 5.29. The molecule has 2 aromatic rings. The van der Waals surface area contributed by atoms with E-state index in [1.807, 2.05) is 29.2 Å². The van der Waals surface area contributed by atoms with Crippen LogP contribution in [0.5, 0.6) is 0 Å². The van der Waals surface area contributed by atoms with Crippen LogP contribution in [0.15, 0.2) is 24.3 Å². The van der Waals surface area contributed by atoms with Gasteiger partial charge in [0.15, 0.2) is 0 Å². The third-order valence-electron chi connectivity index (χ3n) is 4.86. The molecule has 0 aliphatic carbocycles. The molecule has 26 heavy (non-hydrogen) atoms. The summed E-state index contributed by atoms with van der Waals surface area (Å²) in [5.41, 5.74) is 0.947. The number of hydrogen-bond donors (Lipinski definition) is 0. The quantitative estimate of drug-likeness (QED) is 0.728. The number of hydrogen-bond acceptors (Lipinski definition) is 5. The Labute approximate surface area is 155 Å². The fraction of sp³-hybridized carbons (Fsp3) is 0.550. The predicted molar refractivity (Wildman–Crippen MR) is 103 cm³/mol. The number of likely N-dealkylation sites (tertiary alicyclic amines) is 1. The Bertz CT molecular complexity index is 744. The number of rotatable bonds is 8. The molecule has 1 aliphatic rings. The Morgan fingerprint density at radius 1 is 1.19 bits per heavy atom. The second-order valence-electron chi connectivity index (χ2n) is 6.65. The van der Waals surface area contributed by atoms with Gasteiger partial charge in [0.2, 0.25) is 5.91 Å². The minimum atomic E-state index is 0.235. The molecule has 6 heteroatoms. The first kappa shape index (κ1) is 18.6. The molecule has 0 atom stereocenters. The molecule has 1 fully saturated rings. The van der Waals surface area contributed by atoms with Gasteiger partial charge in [0.25, 0.3) is 0 Å². The Hall–Kier alpha value is -2.21. The summed E-state index contributed by atoms with van der Waals surface area (Å²) >= 11 is 0. The molecule has 1 amide bonds. The molecule has 1 aliphatic heterocycles. The van der Waals surface area contributed by atoms with Crippen LogP contribution in [0.1, 0.15) is 32.0 Å². The zero-order valence-electron chi connectivity index (χ0n) is 15.8. The number of amides is 1. The lowest BCUT2D eigenvalue weighted by atomic mass is 10.2. The summed E-state index contributed by atoms with van der Waals surface area (Å²) in [6, 6.07) is 8.06. The number of nitrogens with zero attached hydrogens (tertiary/aromatic N) is 4. The van der Waals surface area contributed by atoms with Crippen molar-refractivity contribution in [2.24, 2.45) is 0 Å². The van der Waals surface area contributed by atoms with Gasteiger partial charge in [0.1, 0.15) is 11.6 Å². The van der Waals surface area contributed by atoms with Gasteiger partial charge in [-0.1, -0.05) is 19.1 Å². The molecule has 0 N–H and O–H groups in total. The van der Waals surface area contributed by atoms with Gasteiger partial charge < -0.3 is 14.5 Å². The smallest absolute Gasteiger partial charge is 0.224 e. The zero-order chi connectivity index (χ0) is 18.4. The maximum atomic E-state index is 12.5. The topological polar surface area (TPSA) is 58.6 Å². The minimum absolute atomic E-state index is 0.235. The minimum Gasteiger partial charge on any atom is -0.383 e. The van der Waals surface area contributed by atoms with Gasteiger partial charge >= 0.3 is 0 Å². The molecular formula is C20H28N4O2. The lowest BCUT2D eigenvalue weighted by molar-refractivity contribution is -0.129. The molecule has 0 saturated carbocycles. The number of aromatic nitrogens is 2. The number of carbonyl (C=O) groups is 1. The van der Waals surface area contributed by atoms with E-state index >= 15 is 0 Å². The molecule has 2 heterocycles. The number of ether oxygens (including phenoxy) is 1. The van der Waals surface area contributed by atoms with Gasteiger partial charge in [-0.3, -0.25) is 4.79 Å². The average molecular weight is 356 g/mol. The van der Waals surface area contributed by atoms with Crippen LogP contribution in [-0.4, -0.2) is 60.7 Å². The summed E-state index contributed by atoms with van der Waals surface area (Å²) in [6.07, 6.45) is 3.53. The average Bonchev–Trinajstić information content (AvgIpc) is 3.22. The van der Waals surface area contributed by atoms with Crippen LogP contribution < -0.4 is 4.90 Å². The van der Waals surface area contributed by atoms with Crippen molar-refractivity contribution < 1.29 is 9.53 Å². The van der Waals surface area contributed by atoms with Crippen molar-refractivity contribution in [2.75, 3.05) is 44.8 Å². The lowest BCUT2D eigenvalue weighted by Crippen LogP contribution is -2.35. The van der Waals surface area contributed by atoms with Crippen molar-refractivity contribution in [3.8, 4) is 0 Å². The predicted octanol–water partition coefficient (Wildman–Crippen LogP) is 2.66. The number of anilines is 1. The number of benzene rings is 1. The second kappa shape index (κ2) is 8.94. The normalized spacial score (nSPS) is 14.2. The summed E-state index contributed by atoms with van der Waals surface area (Å²) in [7, 11) is 1.70. The highest BCUT2D eigenvalue weighted by atomic mass is 16.5. The van der Waals surface area contributed by atoms with Crippen LogP contribution in [0.25, 0.3) is 10.9 Å². The van der Waals surface area contributed by atoms with Gasteiger partial charge in [-0.15, -0.1) is 0 Å². The molecule has 1 aromatic heterocycles. The standard InChI is InChI=1S/C20H28N4O2/c1-3-18-21-17-9-5-4-8-16(17)20(22-18)24(14-15-26-2)13-10-19(25)23-11-6-7-12-23/h4-5,8-9H,3,6-7,10-15H2,1-2H3. The first-order valence-electron chi connectivity index (χ1n) is 9.50. The van der Waals surface area contributed by atoms with Crippen molar-refractivity contribution in [3.05, 3.63) is 30.1 Å². The van der Waals surface area contributed by atoms with Crippen LogP contribution in [0, 0.1) is 0 Å². The van der Waals surface area contributed by atoms with Crippen LogP contribution >= 0.6 is 0 Å². The lowest BCUT2D eigenvalue weighted by Gasteiger charge is -2.26. The van der Waals surface area contributed by atoms with Crippen molar-refractivity contribution in [1.29, 1.82) is 0 Å². The molecule has 1 aromatic carbocycles. The molecule has 0 radical (unpaired) electrons. The fourth-order valence-corrected chi connectivity index (χ4v) is 3.39. The molecule has 0 bridgehead atoms. The third kappa shape index (κ3) is 4.30. The highest BCUT2D eigenvalue weighted by Crippen LogP contribution is 2.24. The highest BCUT2D eigenvalue weighted by Gasteiger charge is 2.20. The molecular weight excluding hydrogens is 328 g/mol. The van der Waals surface area contributed by atoms with Gasteiger partial charge in [0, 0.05) is 51.5 Å². The molecule has 3 rings (SSSR count). The molecule has 0 unspecified atom stereocenters. The first-order chi connectivity index (χ1) is 12.7. The number of carbonyl (C=O) groups excluding carboxylic acids is 1. The van der Waals surface area contributed by atoms with E-state index in [4.69, 9.17) is 9.72 Å². The SMILES string of the molecule is CCc1nc(N(CCOC)CCC(=O)N2CCCC2)c2ccccc2n1. The molecule has 0 spiro atoms. The fourth-order valence-electron chi connectivity index (χ4n) is 3.39. The summed E-state index contributed by atoms with van der Waals surface area (Å²) in [5, 5.41) is 1.02. The molecule has 1 saturated heterocycles. The van der Waals surface area contributed by atoms with Gasteiger partial charge in [-0.05, 0) is 25.0 Å². The van der Waals surface area contributed by atoms with E-state index in [0.29, 0.717) is 26.1 Å². The van der Waals surface area contributed by atoms with Gasteiger partial charge in [-0.2, -0.15) is 0 Å². The second-order valence-corrected chi connectivity index (χ2v) is 6.65. The summed E-state index contributed by atoms with van der Waals surface area (Å²) in [4.78, 5) is 26.0. The highest BCUT2D eigenvalue weighted by molar-refractivity contribution is 5.89. The number of methoxy groups -OCH3 is 1. The van der Waals surface area contributed by atoms with E-state index in [0.717, 1.165) is 54.9 Å². The molecule has 140 valence electrons. The Morgan fingerprint density at radius 2 is 1.96 bits per heavy atom. The molecule has 6 nitrogen and oxygen atoms in total. The van der Waals surface area contributed by atoms with E-state index < -0.39 is 0 Å². The zero-order valence-corrected chi connectivity index (χ0v) is 15.8. The van der Waals surface area contributed by atoms with Crippen LogP contribution in [-0.2, 0) is 16.0 Å². The number of para-hydroxylation sites is 1. The third-order valence-corrected chi connectivity index (χ3v) is 4.86. The largest absolute Gasteiger partial charge is 0.383 e.